The lowest BCUT2D eigenvalue weighted by molar-refractivity contribution is 0.0600. The standard InChI is InChI=1S/C10H7IO2/c1-3-7-4-8(10(12)13-2)6-9(11)5-7/h1,4-6H,2H3. The molecule has 0 atom stereocenters. The molecule has 0 aliphatic rings. The highest BCUT2D eigenvalue weighted by atomic mass is 127. The summed E-state index contributed by atoms with van der Waals surface area (Å²) in [4.78, 5) is 11.1. The van der Waals surface area contributed by atoms with E-state index in [0.29, 0.717) is 11.1 Å². The molecule has 0 heterocycles. The third-order valence-corrected chi connectivity index (χ3v) is 2.11. The van der Waals surface area contributed by atoms with Crippen LogP contribution < -0.4 is 0 Å². The van der Waals surface area contributed by atoms with E-state index in [2.05, 4.69) is 33.2 Å². The number of benzene rings is 1. The Bertz CT molecular complexity index is 377. The van der Waals surface area contributed by atoms with Crippen molar-refractivity contribution in [3.05, 3.63) is 32.9 Å². The highest BCUT2D eigenvalue weighted by Gasteiger charge is 2.06. The Kier molecular flexibility index (Phi) is 3.32. The van der Waals surface area contributed by atoms with Crippen LogP contribution in [0.5, 0.6) is 0 Å². The summed E-state index contributed by atoms with van der Waals surface area (Å²) in [6.07, 6.45) is 5.22. The van der Waals surface area contributed by atoms with E-state index in [1.54, 1.807) is 12.1 Å². The number of terminal acetylenes is 1. The van der Waals surface area contributed by atoms with Gasteiger partial charge >= 0.3 is 5.97 Å². The molecular formula is C10H7IO2. The molecule has 66 valence electrons. The zero-order valence-electron chi connectivity index (χ0n) is 7.00. The van der Waals surface area contributed by atoms with Gasteiger partial charge in [-0.2, -0.15) is 0 Å². The van der Waals surface area contributed by atoms with Crippen LogP contribution in [-0.2, 0) is 4.74 Å². The topological polar surface area (TPSA) is 26.3 Å². The van der Waals surface area contributed by atoms with E-state index in [9.17, 15) is 4.79 Å². The van der Waals surface area contributed by atoms with Gasteiger partial charge in [0.15, 0.2) is 0 Å². The molecule has 0 saturated heterocycles. The van der Waals surface area contributed by atoms with Crippen molar-refractivity contribution in [3.8, 4) is 12.3 Å². The van der Waals surface area contributed by atoms with Crippen molar-refractivity contribution in [2.75, 3.05) is 7.11 Å². The van der Waals surface area contributed by atoms with Gasteiger partial charge in [-0.3, -0.25) is 0 Å². The molecule has 2 nitrogen and oxygen atoms in total. The highest BCUT2D eigenvalue weighted by Crippen LogP contribution is 2.12. The zero-order chi connectivity index (χ0) is 9.84. The van der Waals surface area contributed by atoms with Crippen LogP contribution >= 0.6 is 22.6 Å². The van der Waals surface area contributed by atoms with E-state index in [1.807, 2.05) is 6.07 Å². The normalized spacial score (nSPS) is 9.00. The maximum atomic E-state index is 11.1. The Morgan fingerprint density at radius 2 is 2.23 bits per heavy atom. The molecule has 0 radical (unpaired) electrons. The smallest absolute Gasteiger partial charge is 0.337 e. The molecule has 0 aliphatic carbocycles. The lowest BCUT2D eigenvalue weighted by Crippen LogP contribution is -2.01. The minimum atomic E-state index is -0.366. The maximum absolute atomic E-state index is 11.1. The summed E-state index contributed by atoms with van der Waals surface area (Å²) in [6, 6.07) is 5.19. The number of hydrogen-bond donors (Lipinski definition) is 0. The molecule has 0 amide bonds. The van der Waals surface area contributed by atoms with Crippen LogP contribution in [0.4, 0.5) is 0 Å². The first-order chi connectivity index (χ1) is 6.17. The van der Waals surface area contributed by atoms with Gasteiger partial charge in [0.2, 0.25) is 0 Å². The van der Waals surface area contributed by atoms with E-state index in [4.69, 9.17) is 6.42 Å². The number of carbonyl (C=O) groups excluding carboxylic acids is 1. The molecule has 0 fully saturated rings. The van der Waals surface area contributed by atoms with Gasteiger partial charge in [-0.1, -0.05) is 5.92 Å². The van der Waals surface area contributed by atoms with Crippen LogP contribution in [0.2, 0.25) is 0 Å². The summed E-state index contributed by atoms with van der Waals surface area (Å²) in [5.41, 5.74) is 1.18. The highest BCUT2D eigenvalue weighted by molar-refractivity contribution is 14.1. The van der Waals surface area contributed by atoms with E-state index in [0.717, 1.165) is 3.57 Å². The molecule has 1 aromatic carbocycles. The summed E-state index contributed by atoms with van der Waals surface area (Å²) in [5, 5.41) is 0. The van der Waals surface area contributed by atoms with Crippen LogP contribution in [0.3, 0.4) is 0 Å². The summed E-state index contributed by atoms with van der Waals surface area (Å²) >= 11 is 2.10. The molecule has 0 saturated carbocycles. The van der Waals surface area contributed by atoms with Gasteiger partial charge in [-0.25, -0.2) is 4.79 Å². The number of hydrogen-bond acceptors (Lipinski definition) is 2. The Balaban J connectivity index is 3.17. The third kappa shape index (κ3) is 2.46. The molecule has 1 rings (SSSR count). The lowest BCUT2D eigenvalue weighted by atomic mass is 10.1. The molecule has 0 N–H and O–H groups in total. The monoisotopic (exact) mass is 286 g/mol. The van der Waals surface area contributed by atoms with Crippen molar-refractivity contribution in [1.82, 2.24) is 0 Å². The van der Waals surface area contributed by atoms with Crippen LogP contribution in [0.15, 0.2) is 18.2 Å². The summed E-state index contributed by atoms with van der Waals surface area (Å²) in [5.74, 6) is 2.11. The first-order valence-corrected chi connectivity index (χ1v) is 4.60. The second-order valence-electron chi connectivity index (χ2n) is 2.36. The number of carbonyl (C=O) groups is 1. The molecule has 0 aliphatic heterocycles. The van der Waals surface area contributed by atoms with Crippen LogP contribution in [0.1, 0.15) is 15.9 Å². The molecule has 13 heavy (non-hydrogen) atoms. The second kappa shape index (κ2) is 4.28. The largest absolute Gasteiger partial charge is 0.465 e. The number of rotatable bonds is 1. The van der Waals surface area contributed by atoms with Gasteiger partial charge in [0.1, 0.15) is 0 Å². The average molecular weight is 286 g/mol. The van der Waals surface area contributed by atoms with Crippen molar-refractivity contribution < 1.29 is 9.53 Å². The van der Waals surface area contributed by atoms with Crippen molar-refractivity contribution in [1.29, 1.82) is 0 Å². The van der Waals surface area contributed by atoms with Crippen LogP contribution in [0.25, 0.3) is 0 Å². The lowest BCUT2D eigenvalue weighted by Gasteiger charge is -2.00. The number of halogens is 1. The summed E-state index contributed by atoms with van der Waals surface area (Å²) in [7, 11) is 1.34. The summed E-state index contributed by atoms with van der Waals surface area (Å²) < 4.78 is 5.50. The third-order valence-electron chi connectivity index (χ3n) is 1.49. The molecule has 1 aromatic rings. The average Bonchev–Trinajstić information content (AvgIpc) is 2.15. The second-order valence-corrected chi connectivity index (χ2v) is 3.61. The van der Waals surface area contributed by atoms with Crippen molar-refractivity contribution in [2.45, 2.75) is 0 Å². The molecular weight excluding hydrogens is 279 g/mol. The van der Waals surface area contributed by atoms with Gasteiger partial charge in [0.05, 0.1) is 12.7 Å². The molecule has 0 unspecified atom stereocenters. The Labute approximate surface area is 90.4 Å². The zero-order valence-corrected chi connectivity index (χ0v) is 9.16. The number of esters is 1. The quantitative estimate of drug-likeness (QED) is 0.449. The Hall–Kier alpha value is -1.02. The maximum Gasteiger partial charge on any atom is 0.337 e. The van der Waals surface area contributed by atoms with Gasteiger partial charge in [-0.15, -0.1) is 6.42 Å². The first-order valence-electron chi connectivity index (χ1n) is 3.53. The van der Waals surface area contributed by atoms with Crippen molar-refractivity contribution in [2.24, 2.45) is 0 Å². The fourth-order valence-electron chi connectivity index (χ4n) is 0.909. The number of methoxy groups -OCH3 is 1. The van der Waals surface area contributed by atoms with Gasteiger partial charge in [0, 0.05) is 9.13 Å². The van der Waals surface area contributed by atoms with E-state index >= 15 is 0 Å². The molecule has 0 spiro atoms. The Morgan fingerprint density at radius 1 is 1.54 bits per heavy atom. The van der Waals surface area contributed by atoms with E-state index in [-0.39, 0.29) is 5.97 Å². The minimum Gasteiger partial charge on any atom is -0.465 e. The van der Waals surface area contributed by atoms with Gasteiger partial charge < -0.3 is 4.74 Å². The Morgan fingerprint density at radius 3 is 2.77 bits per heavy atom. The van der Waals surface area contributed by atoms with E-state index in [1.165, 1.54) is 7.11 Å². The summed E-state index contributed by atoms with van der Waals surface area (Å²) in [6.45, 7) is 0. The predicted octanol–water partition coefficient (Wildman–Crippen LogP) is 2.06. The molecule has 0 bridgehead atoms. The SMILES string of the molecule is C#Cc1cc(I)cc(C(=O)OC)c1. The van der Waals surface area contributed by atoms with Crippen molar-refractivity contribution >= 4 is 28.6 Å². The number of ether oxygens (including phenoxy) is 1. The molecule has 3 heteroatoms. The molecule has 0 aromatic heterocycles. The van der Waals surface area contributed by atoms with Crippen molar-refractivity contribution in [3.63, 3.8) is 0 Å². The minimum absolute atomic E-state index is 0.366. The fourth-order valence-corrected chi connectivity index (χ4v) is 1.58. The van der Waals surface area contributed by atoms with Crippen LogP contribution in [-0.4, -0.2) is 13.1 Å². The van der Waals surface area contributed by atoms with Gasteiger partial charge in [0.25, 0.3) is 0 Å². The van der Waals surface area contributed by atoms with Gasteiger partial charge in [-0.05, 0) is 40.8 Å². The fraction of sp³-hybridized carbons (Fsp3) is 0.100. The first kappa shape index (κ1) is 10.1. The van der Waals surface area contributed by atoms with Crippen LogP contribution in [0, 0.1) is 15.9 Å². The van der Waals surface area contributed by atoms with E-state index < -0.39 is 0 Å². The predicted molar refractivity (Wildman–Crippen MR) is 58.4 cm³/mol.